The van der Waals surface area contributed by atoms with Crippen molar-refractivity contribution in [1.29, 1.82) is 0 Å². The minimum atomic E-state index is -0.0521. The van der Waals surface area contributed by atoms with Crippen LogP contribution in [0.1, 0.15) is 57.6 Å². The summed E-state index contributed by atoms with van der Waals surface area (Å²) in [6.45, 7) is 4.73. The number of thioether (sulfide) groups is 1. The quantitative estimate of drug-likeness (QED) is 0.830. The van der Waals surface area contributed by atoms with Crippen LogP contribution >= 0.6 is 11.8 Å². The lowest BCUT2D eigenvalue weighted by Crippen LogP contribution is -2.38. The van der Waals surface area contributed by atoms with E-state index in [4.69, 9.17) is 0 Å². The minimum absolute atomic E-state index is 0.0521. The molecule has 0 aromatic heterocycles. The van der Waals surface area contributed by atoms with Crippen molar-refractivity contribution in [2.24, 2.45) is 5.41 Å². The van der Waals surface area contributed by atoms with Gasteiger partial charge < -0.3 is 5.32 Å². The van der Waals surface area contributed by atoms with Crippen molar-refractivity contribution in [3.05, 3.63) is 29.6 Å². The summed E-state index contributed by atoms with van der Waals surface area (Å²) >= 11 is 1.67. The average Bonchev–Trinajstić information content (AvgIpc) is 2.42. The van der Waals surface area contributed by atoms with Crippen LogP contribution in [0.4, 0.5) is 4.39 Å². The lowest BCUT2D eigenvalue weighted by Gasteiger charge is -2.37. The highest BCUT2D eigenvalue weighted by atomic mass is 32.2. The molecule has 1 saturated carbocycles. The molecule has 1 aliphatic carbocycles. The number of nitrogens with one attached hydrogen (secondary N) is 1. The molecule has 20 heavy (non-hydrogen) atoms. The zero-order valence-electron chi connectivity index (χ0n) is 12.4. The normalized spacial score (nSPS) is 26.2. The Morgan fingerprint density at radius 3 is 2.70 bits per heavy atom. The molecule has 110 valence electrons. The standard InChI is InChI=1S/C17H24FNS/c1-17(2)9-6-12(7-10-17)19-15-8-11-20-16-13(15)4-3-5-14(16)18/h3-5,12,15,19H,6-11H2,1-2H3. The maximum Gasteiger partial charge on any atom is 0.137 e. The smallest absolute Gasteiger partial charge is 0.137 e. The minimum Gasteiger partial charge on any atom is -0.307 e. The summed E-state index contributed by atoms with van der Waals surface area (Å²) < 4.78 is 13.9. The van der Waals surface area contributed by atoms with Gasteiger partial charge in [-0.2, -0.15) is 0 Å². The number of hydrogen-bond acceptors (Lipinski definition) is 2. The number of rotatable bonds is 2. The fraction of sp³-hybridized carbons (Fsp3) is 0.647. The Hall–Kier alpha value is -0.540. The van der Waals surface area contributed by atoms with E-state index in [2.05, 4.69) is 25.2 Å². The van der Waals surface area contributed by atoms with Crippen molar-refractivity contribution < 1.29 is 4.39 Å². The Morgan fingerprint density at radius 2 is 1.95 bits per heavy atom. The Morgan fingerprint density at radius 1 is 1.20 bits per heavy atom. The van der Waals surface area contributed by atoms with E-state index >= 15 is 0 Å². The van der Waals surface area contributed by atoms with Crippen molar-refractivity contribution in [3.63, 3.8) is 0 Å². The summed E-state index contributed by atoms with van der Waals surface area (Å²) in [5, 5.41) is 3.80. The lowest BCUT2D eigenvalue weighted by molar-refractivity contribution is 0.196. The second-order valence-electron chi connectivity index (χ2n) is 6.95. The third kappa shape index (κ3) is 3.04. The first kappa shape index (κ1) is 14.4. The first-order valence-corrected chi connectivity index (χ1v) is 8.71. The fourth-order valence-corrected chi connectivity index (χ4v) is 4.55. The number of halogens is 1. The number of hydrogen-bond donors (Lipinski definition) is 1. The zero-order chi connectivity index (χ0) is 14.2. The van der Waals surface area contributed by atoms with E-state index in [0.717, 1.165) is 17.1 Å². The van der Waals surface area contributed by atoms with E-state index in [1.165, 1.54) is 31.2 Å². The van der Waals surface area contributed by atoms with E-state index in [1.54, 1.807) is 17.8 Å². The van der Waals surface area contributed by atoms with Gasteiger partial charge in [-0.05, 0) is 54.9 Å². The van der Waals surface area contributed by atoms with E-state index in [-0.39, 0.29) is 5.82 Å². The molecule has 1 aromatic rings. The molecule has 2 aliphatic rings. The molecular weight excluding hydrogens is 269 g/mol. The van der Waals surface area contributed by atoms with Gasteiger partial charge >= 0.3 is 0 Å². The third-order valence-corrected chi connectivity index (χ3v) is 5.96. The summed E-state index contributed by atoms with van der Waals surface area (Å²) in [6, 6.07) is 6.46. The van der Waals surface area contributed by atoms with Crippen LogP contribution in [0.15, 0.2) is 23.1 Å². The van der Waals surface area contributed by atoms with Crippen LogP contribution in [0.5, 0.6) is 0 Å². The Labute approximate surface area is 125 Å². The molecule has 3 heteroatoms. The molecule has 1 N–H and O–H groups in total. The van der Waals surface area contributed by atoms with Gasteiger partial charge in [0, 0.05) is 17.0 Å². The lowest BCUT2D eigenvalue weighted by atomic mass is 9.75. The van der Waals surface area contributed by atoms with Crippen molar-refractivity contribution >= 4 is 11.8 Å². The van der Waals surface area contributed by atoms with Crippen molar-refractivity contribution in [1.82, 2.24) is 5.32 Å². The van der Waals surface area contributed by atoms with Crippen LogP contribution in [0, 0.1) is 11.2 Å². The maximum atomic E-state index is 13.9. The Kier molecular flexibility index (Phi) is 4.09. The number of fused-ring (bicyclic) bond motifs is 1. The first-order chi connectivity index (χ1) is 9.55. The highest BCUT2D eigenvalue weighted by molar-refractivity contribution is 7.99. The molecule has 1 atom stereocenters. The molecule has 1 aromatic carbocycles. The Balaban J connectivity index is 1.70. The molecule has 3 rings (SSSR count). The SMILES string of the molecule is CC1(C)CCC(NC2CCSc3c(F)cccc32)CC1. The molecule has 0 radical (unpaired) electrons. The van der Waals surface area contributed by atoms with Crippen LogP contribution in [0.3, 0.4) is 0 Å². The molecule has 1 nitrogen and oxygen atoms in total. The van der Waals surface area contributed by atoms with Gasteiger partial charge in [-0.1, -0.05) is 26.0 Å². The molecule has 1 heterocycles. The van der Waals surface area contributed by atoms with Gasteiger partial charge in [0.05, 0.1) is 0 Å². The van der Waals surface area contributed by atoms with Crippen LogP contribution in [0.2, 0.25) is 0 Å². The van der Waals surface area contributed by atoms with Gasteiger partial charge in [0.15, 0.2) is 0 Å². The molecule has 1 fully saturated rings. The highest BCUT2D eigenvalue weighted by Gasteiger charge is 2.30. The predicted molar refractivity (Wildman–Crippen MR) is 83.7 cm³/mol. The van der Waals surface area contributed by atoms with Gasteiger partial charge in [-0.25, -0.2) is 4.39 Å². The van der Waals surface area contributed by atoms with Gasteiger partial charge in [-0.15, -0.1) is 11.8 Å². The van der Waals surface area contributed by atoms with Gasteiger partial charge in [0.1, 0.15) is 5.82 Å². The van der Waals surface area contributed by atoms with Crippen molar-refractivity contribution in [2.45, 2.75) is 62.9 Å². The second-order valence-corrected chi connectivity index (χ2v) is 8.06. The van der Waals surface area contributed by atoms with Gasteiger partial charge in [0.2, 0.25) is 0 Å². The Bertz CT molecular complexity index is 476. The van der Waals surface area contributed by atoms with Crippen molar-refractivity contribution in [2.75, 3.05) is 5.75 Å². The molecule has 1 unspecified atom stereocenters. The van der Waals surface area contributed by atoms with Crippen LogP contribution in [0.25, 0.3) is 0 Å². The molecule has 0 saturated heterocycles. The summed E-state index contributed by atoms with van der Waals surface area (Å²) in [4.78, 5) is 0.868. The highest BCUT2D eigenvalue weighted by Crippen LogP contribution is 2.40. The van der Waals surface area contributed by atoms with E-state index in [9.17, 15) is 4.39 Å². The van der Waals surface area contributed by atoms with Crippen LogP contribution in [-0.2, 0) is 0 Å². The number of benzene rings is 1. The first-order valence-electron chi connectivity index (χ1n) is 7.72. The molecule has 0 spiro atoms. The zero-order valence-corrected chi connectivity index (χ0v) is 13.2. The van der Waals surface area contributed by atoms with E-state index in [1.807, 2.05) is 6.07 Å². The van der Waals surface area contributed by atoms with Crippen molar-refractivity contribution in [3.8, 4) is 0 Å². The van der Waals surface area contributed by atoms with Gasteiger partial charge in [-0.3, -0.25) is 0 Å². The second kappa shape index (κ2) is 5.69. The summed E-state index contributed by atoms with van der Waals surface area (Å²) in [7, 11) is 0. The third-order valence-electron chi connectivity index (χ3n) is 4.80. The molecular formula is C17H24FNS. The fourth-order valence-electron chi connectivity index (χ4n) is 3.41. The van der Waals surface area contributed by atoms with Crippen LogP contribution in [-0.4, -0.2) is 11.8 Å². The monoisotopic (exact) mass is 293 g/mol. The predicted octanol–water partition coefficient (Wildman–Crippen LogP) is 4.92. The molecule has 1 aliphatic heterocycles. The van der Waals surface area contributed by atoms with Gasteiger partial charge in [0.25, 0.3) is 0 Å². The maximum absolute atomic E-state index is 13.9. The van der Waals surface area contributed by atoms with E-state index < -0.39 is 0 Å². The molecule has 0 amide bonds. The summed E-state index contributed by atoms with van der Waals surface area (Å²) in [5.41, 5.74) is 1.68. The topological polar surface area (TPSA) is 12.0 Å². The largest absolute Gasteiger partial charge is 0.307 e. The van der Waals surface area contributed by atoms with E-state index in [0.29, 0.717) is 17.5 Å². The molecule has 0 bridgehead atoms. The summed E-state index contributed by atoms with van der Waals surface area (Å²) in [5.74, 6) is 0.966. The summed E-state index contributed by atoms with van der Waals surface area (Å²) in [6.07, 6.45) is 6.20. The average molecular weight is 293 g/mol. The van der Waals surface area contributed by atoms with Crippen LogP contribution < -0.4 is 5.32 Å².